The molecule has 1 saturated heterocycles. The summed E-state index contributed by atoms with van der Waals surface area (Å²) in [6.07, 6.45) is -3.47. The van der Waals surface area contributed by atoms with Gasteiger partial charge in [0, 0.05) is 32.7 Å². The number of likely N-dealkylation sites (tertiary alicyclic amines) is 1. The molecule has 26 heavy (non-hydrogen) atoms. The van der Waals surface area contributed by atoms with Gasteiger partial charge in [-0.25, -0.2) is 0 Å². The fourth-order valence-corrected chi connectivity index (χ4v) is 3.27. The van der Waals surface area contributed by atoms with Crippen molar-refractivity contribution in [2.75, 3.05) is 26.7 Å². The molecule has 2 aromatic rings. The van der Waals surface area contributed by atoms with Gasteiger partial charge in [0.25, 0.3) is 0 Å². The molecular weight excluding hydrogens is 341 g/mol. The van der Waals surface area contributed by atoms with E-state index in [2.05, 4.69) is 46.0 Å². The Morgan fingerprint density at radius 2 is 1.96 bits per heavy atom. The van der Waals surface area contributed by atoms with Gasteiger partial charge in [-0.15, -0.1) is 0 Å². The number of guanidine groups is 1. The van der Waals surface area contributed by atoms with Gasteiger partial charge in [0.2, 0.25) is 0 Å². The minimum atomic E-state index is -4.15. The van der Waals surface area contributed by atoms with Crippen molar-refractivity contribution < 1.29 is 13.2 Å². The second-order valence-corrected chi connectivity index (χ2v) is 6.59. The molecule has 0 saturated carbocycles. The summed E-state index contributed by atoms with van der Waals surface area (Å²) >= 11 is 0. The summed E-state index contributed by atoms with van der Waals surface area (Å²) in [6.45, 7) is 0.562. The molecule has 1 aliphatic rings. The zero-order chi connectivity index (χ0) is 18.6. The number of nitrogens with zero attached hydrogens (tertiary/aromatic N) is 2. The van der Waals surface area contributed by atoms with Crippen LogP contribution in [-0.4, -0.2) is 49.8 Å². The Morgan fingerprint density at radius 1 is 1.19 bits per heavy atom. The highest BCUT2D eigenvalue weighted by atomic mass is 19.4. The van der Waals surface area contributed by atoms with Gasteiger partial charge in [0.05, 0.1) is 6.54 Å². The van der Waals surface area contributed by atoms with Crippen LogP contribution in [0.3, 0.4) is 0 Å². The Labute approximate surface area is 151 Å². The summed E-state index contributed by atoms with van der Waals surface area (Å²) in [5.74, 6) is 0.608. The molecule has 1 atom stereocenters. The van der Waals surface area contributed by atoms with Crippen molar-refractivity contribution in [2.45, 2.75) is 25.2 Å². The molecule has 0 aliphatic carbocycles. The lowest BCUT2D eigenvalue weighted by Crippen LogP contribution is -2.44. The van der Waals surface area contributed by atoms with Crippen LogP contribution in [0, 0.1) is 0 Å². The van der Waals surface area contributed by atoms with Crippen LogP contribution in [-0.2, 0) is 6.54 Å². The quantitative estimate of drug-likeness (QED) is 0.647. The van der Waals surface area contributed by atoms with Gasteiger partial charge in [0.15, 0.2) is 5.96 Å². The maximum atomic E-state index is 12.5. The van der Waals surface area contributed by atoms with E-state index in [1.165, 1.54) is 15.7 Å². The summed E-state index contributed by atoms with van der Waals surface area (Å²) in [5, 5.41) is 8.82. The standard InChI is InChI=1S/C19H23F3N4/c1-23-18(25-17-8-9-26(12-17)13-19(20,21)22)24-11-14-6-7-15-4-2-3-5-16(15)10-14/h2-7,10,17H,8-9,11-13H2,1H3,(H2,23,24,25). The fourth-order valence-electron chi connectivity index (χ4n) is 3.27. The average Bonchev–Trinajstić information content (AvgIpc) is 3.03. The lowest BCUT2D eigenvalue weighted by Gasteiger charge is -2.20. The first-order valence-corrected chi connectivity index (χ1v) is 8.67. The molecule has 7 heteroatoms. The van der Waals surface area contributed by atoms with Crippen LogP contribution in [0.25, 0.3) is 10.8 Å². The van der Waals surface area contributed by atoms with Crippen LogP contribution < -0.4 is 10.6 Å². The molecule has 140 valence electrons. The summed E-state index contributed by atoms with van der Waals surface area (Å²) in [4.78, 5) is 5.61. The zero-order valence-corrected chi connectivity index (χ0v) is 14.7. The Bertz CT molecular complexity index is 773. The maximum absolute atomic E-state index is 12.5. The van der Waals surface area contributed by atoms with E-state index in [9.17, 15) is 13.2 Å². The molecule has 1 unspecified atom stereocenters. The number of benzene rings is 2. The third-order valence-electron chi connectivity index (χ3n) is 4.51. The molecule has 1 heterocycles. The Balaban J connectivity index is 1.52. The Hall–Kier alpha value is -2.28. The van der Waals surface area contributed by atoms with Gasteiger partial charge in [0.1, 0.15) is 0 Å². The van der Waals surface area contributed by atoms with Gasteiger partial charge >= 0.3 is 6.18 Å². The molecule has 0 bridgehead atoms. The predicted octanol–water partition coefficient (Wildman–Crippen LogP) is 3.14. The Kier molecular flexibility index (Phi) is 5.66. The second kappa shape index (κ2) is 7.95. The molecule has 3 rings (SSSR count). The highest BCUT2D eigenvalue weighted by Crippen LogP contribution is 2.20. The predicted molar refractivity (Wildman–Crippen MR) is 98.2 cm³/mol. The first-order valence-electron chi connectivity index (χ1n) is 8.67. The number of hydrogen-bond donors (Lipinski definition) is 2. The van der Waals surface area contributed by atoms with E-state index in [1.54, 1.807) is 7.05 Å². The number of fused-ring (bicyclic) bond motifs is 1. The van der Waals surface area contributed by atoms with E-state index < -0.39 is 12.7 Å². The van der Waals surface area contributed by atoms with Crippen molar-refractivity contribution in [3.63, 3.8) is 0 Å². The van der Waals surface area contributed by atoms with Crippen molar-refractivity contribution >= 4 is 16.7 Å². The molecule has 1 fully saturated rings. The smallest absolute Gasteiger partial charge is 0.352 e. The number of nitrogens with one attached hydrogen (secondary N) is 2. The first kappa shape index (κ1) is 18.5. The maximum Gasteiger partial charge on any atom is 0.401 e. The van der Waals surface area contributed by atoms with Crippen LogP contribution in [0.2, 0.25) is 0 Å². The molecule has 0 amide bonds. The van der Waals surface area contributed by atoms with Gasteiger partial charge in [-0.05, 0) is 28.8 Å². The van der Waals surface area contributed by atoms with Crippen molar-refractivity contribution in [1.82, 2.24) is 15.5 Å². The molecule has 2 N–H and O–H groups in total. The number of alkyl halides is 3. The molecule has 4 nitrogen and oxygen atoms in total. The third-order valence-corrected chi connectivity index (χ3v) is 4.51. The van der Waals surface area contributed by atoms with Crippen LogP contribution in [0.15, 0.2) is 47.5 Å². The van der Waals surface area contributed by atoms with E-state index in [-0.39, 0.29) is 6.04 Å². The topological polar surface area (TPSA) is 39.7 Å². The molecule has 0 radical (unpaired) electrons. The summed E-state index contributed by atoms with van der Waals surface area (Å²) in [7, 11) is 1.66. The minimum Gasteiger partial charge on any atom is -0.352 e. The monoisotopic (exact) mass is 364 g/mol. The van der Waals surface area contributed by atoms with E-state index in [4.69, 9.17) is 0 Å². The van der Waals surface area contributed by atoms with Crippen molar-refractivity contribution in [2.24, 2.45) is 4.99 Å². The van der Waals surface area contributed by atoms with Crippen LogP contribution in [0.4, 0.5) is 13.2 Å². The van der Waals surface area contributed by atoms with E-state index in [1.807, 2.05) is 12.1 Å². The largest absolute Gasteiger partial charge is 0.401 e. The lowest BCUT2D eigenvalue weighted by atomic mass is 10.1. The SMILES string of the molecule is CN=C(NCc1ccc2ccccc2c1)NC1CCN(CC(F)(F)F)C1. The van der Waals surface area contributed by atoms with Gasteiger partial charge in [-0.1, -0.05) is 36.4 Å². The highest BCUT2D eigenvalue weighted by Gasteiger charge is 2.34. The number of rotatable bonds is 4. The number of aliphatic imine (C=N–C) groups is 1. The van der Waals surface area contributed by atoms with E-state index in [0.29, 0.717) is 32.0 Å². The van der Waals surface area contributed by atoms with Crippen molar-refractivity contribution in [3.8, 4) is 0 Å². The van der Waals surface area contributed by atoms with Crippen LogP contribution >= 0.6 is 0 Å². The van der Waals surface area contributed by atoms with Gasteiger partial charge < -0.3 is 10.6 Å². The van der Waals surface area contributed by atoms with E-state index in [0.717, 1.165) is 5.56 Å². The zero-order valence-electron chi connectivity index (χ0n) is 14.7. The number of hydrogen-bond acceptors (Lipinski definition) is 2. The molecule has 1 aliphatic heterocycles. The average molecular weight is 364 g/mol. The van der Waals surface area contributed by atoms with Gasteiger partial charge in [-0.3, -0.25) is 9.89 Å². The van der Waals surface area contributed by atoms with Crippen LogP contribution in [0.1, 0.15) is 12.0 Å². The fraction of sp³-hybridized carbons (Fsp3) is 0.421. The molecule has 0 spiro atoms. The summed E-state index contributed by atoms with van der Waals surface area (Å²) < 4.78 is 37.5. The second-order valence-electron chi connectivity index (χ2n) is 6.59. The summed E-state index contributed by atoms with van der Waals surface area (Å²) in [5.41, 5.74) is 1.12. The van der Waals surface area contributed by atoms with E-state index >= 15 is 0 Å². The van der Waals surface area contributed by atoms with Crippen molar-refractivity contribution in [3.05, 3.63) is 48.0 Å². The molecule has 2 aromatic carbocycles. The van der Waals surface area contributed by atoms with Crippen LogP contribution in [0.5, 0.6) is 0 Å². The number of halogens is 3. The minimum absolute atomic E-state index is 0.0276. The highest BCUT2D eigenvalue weighted by molar-refractivity contribution is 5.83. The third kappa shape index (κ3) is 5.11. The summed E-state index contributed by atoms with van der Waals surface area (Å²) in [6, 6.07) is 14.4. The normalized spacial score (nSPS) is 19.1. The van der Waals surface area contributed by atoms with Crippen molar-refractivity contribution in [1.29, 1.82) is 0 Å². The lowest BCUT2D eigenvalue weighted by molar-refractivity contribution is -0.143. The Morgan fingerprint density at radius 3 is 2.69 bits per heavy atom. The first-order chi connectivity index (χ1) is 12.4. The molecular formula is C19H23F3N4. The molecule has 0 aromatic heterocycles. The van der Waals surface area contributed by atoms with Gasteiger partial charge in [-0.2, -0.15) is 13.2 Å².